The fraction of sp³-hybridized carbons (Fsp3) is 0.444. The van der Waals surface area contributed by atoms with Crippen molar-refractivity contribution >= 4 is 23.1 Å². The third-order valence-electron chi connectivity index (χ3n) is 4.86. The van der Waals surface area contributed by atoms with Gasteiger partial charge in [-0.15, -0.1) is 5.10 Å². The van der Waals surface area contributed by atoms with Gasteiger partial charge in [0.2, 0.25) is 5.95 Å². The number of alkyl halides is 3. The Balaban J connectivity index is 1.57. The highest BCUT2D eigenvalue weighted by atomic mass is 19.4. The minimum absolute atomic E-state index is 0.0893. The molecule has 0 aromatic carbocycles. The maximum absolute atomic E-state index is 13.1. The average Bonchev–Trinajstić information content (AvgIpc) is 3.17. The Morgan fingerprint density at radius 2 is 2.10 bits per heavy atom. The Morgan fingerprint density at radius 3 is 2.90 bits per heavy atom. The molecule has 0 radical (unpaired) electrons. The number of aryl methyl sites for hydroxylation is 1. The summed E-state index contributed by atoms with van der Waals surface area (Å²) < 4.78 is 41.8. The van der Waals surface area contributed by atoms with Crippen molar-refractivity contribution in [3.8, 4) is 0 Å². The molecule has 12 heteroatoms. The summed E-state index contributed by atoms with van der Waals surface area (Å²) in [5.41, 5.74) is -0.933. The van der Waals surface area contributed by atoms with Crippen molar-refractivity contribution in [3.63, 3.8) is 0 Å². The number of nitrogens with one attached hydrogen (secondary N) is 3. The maximum Gasteiger partial charge on any atom is 0.437 e. The van der Waals surface area contributed by atoms with Gasteiger partial charge in [0.1, 0.15) is 5.69 Å². The predicted molar refractivity (Wildman–Crippen MR) is 103 cm³/mol. The van der Waals surface area contributed by atoms with Gasteiger partial charge in [0.05, 0.1) is 17.4 Å². The van der Waals surface area contributed by atoms with Gasteiger partial charge in [-0.1, -0.05) is 6.42 Å². The summed E-state index contributed by atoms with van der Waals surface area (Å²) in [7, 11) is 1.35. The molecular weight excluding hydrogens is 401 g/mol. The Bertz CT molecular complexity index is 1050. The summed E-state index contributed by atoms with van der Waals surface area (Å²) in [6, 6.07) is 3.27. The second kappa shape index (κ2) is 7.94. The lowest BCUT2D eigenvalue weighted by atomic mass is 10.1. The molecule has 1 aliphatic rings. The number of hydrogen-bond donors (Lipinski definition) is 3. The van der Waals surface area contributed by atoms with Crippen LogP contribution in [-0.2, 0) is 13.2 Å². The van der Waals surface area contributed by atoms with Crippen molar-refractivity contribution in [3.05, 3.63) is 35.9 Å². The highest BCUT2D eigenvalue weighted by Gasteiger charge is 2.37. The number of anilines is 2. The summed E-state index contributed by atoms with van der Waals surface area (Å²) in [6.07, 6.45) is 1.13. The number of hydrogen-bond acceptors (Lipinski definition) is 6. The molecule has 1 atom stereocenters. The third-order valence-corrected chi connectivity index (χ3v) is 4.86. The van der Waals surface area contributed by atoms with Gasteiger partial charge in [-0.3, -0.25) is 9.48 Å². The van der Waals surface area contributed by atoms with Crippen molar-refractivity contribution in [2.24, 2.45) is 7.05 Å². The van der Waals surface area contributed by atoms with Gasteiger partial charge in [-0.25, -0.2) is 9.50 Å². The molecule has 3 N–H and O–H groups in total. The highest BCUT2D eigenvalue weighted by Crippen LogP contribution is 2.33. The van der Waals surface area contributed by atoms with Crippen molar-refractivity contribution in [1.29, 1.82) is 0 Å². The van der Waals surface area contributed by atoms with Gasteiger partial charge in [-0.2, -0.15) is 18.3 Å². The lowest BCUT2D eigenvalue weighted by molar-refractivity contribution is -0.140. The molecule has 160 valence electrons. The monoisotopic (exact) mass is 422 g/mol. The van der Waals surface area contributed by atoms with E-state index < -0.39 is 23.5 Å². The van der Waals surface area contributed by atoms with Crippen LogP contribution in [0.3, 0.4) is 0 Å². The zero-order valence-electron chi connectivity index (χ0n) is 16.2. The molecule has 0 bridgehead atoms. The van der Waals surface area contributed by atoms with Gasteiger partial charge in [0, 0.05) is 25.8 Å². The molecule has 1 amide bonds. The fourth-order valence-corrected chi connectivity index (χ4v) is 3.44. The summed E-state index contributed by atoms with van der Waals surface area (Å²) in [5.74, 6) is -0.381. The van der Waals surface area contributed by atoms with Gasteiger partial charge >= 0.3 is 6.18 Å². The predicted octanol–water partition coefficient (Wildman–Crippen LogP) is 2.29. The third kappa shape index (κ3) is 4.22. The largest absolute Gasteiger partial charge is 0.437 e. The van der Waals surface area contributed by atoms with Crippen LogP contribution in [0.2, 0.25) is 0 Å². The van der Waals surface area contributed by atoms with Crippen molar-refractivity contribution in [2.75, 3.05) is 23.7 Å². The molecule has 1 fully saturated rings. The molecule has 0 unspecified atom stereocenters. The summed E-state index contributed by atoms with van der Waals surface area (Å²) >= 11 is 0. The number of nitrogens with zero attached hydrogens (tertiary/aromatic N) is 5. The molecule has 1 saturated heterocycles. The van der Waals surface area contributed by atoms with E-state index in [0.29, 0.717) is 11.5 Å². The molecule has 0 saturated carbocycles. The quantitative estimate of drug-likeness (QED) is 0.597. The molecule has 3 aromatic heterocycles. The fourth-order valence-electron chi connectivity index (χ4n) is 3.44. The van der Waals surface area contributed by atoms with Crippen LogP contribution in [0.4, 0.5) is 24.8 Å². The Hall–Kier alpha value is -3.15. The Kier molecular flexibility index (Phi) is 5.33. The van der Waals surface area contributed by atoms with Gasteiger partial charge < -0.3 is 16.0 Å². The zero-order chi connectivity index (χ0) is 21.3. The van der Waals surface area contributed by atoms with Crippen molar-refractivity contribution in [1.82, 2.24) is 29.7 Å². The number of carbonyl (C=O) groups is 1. The second-order valence-corrected chi connectivity index (χ2v) is 7.20. The number of rotatable bonds is 4. The summed E-state index contributed by atoms with van der Waals surface area (Å²) in [4.78, 5) is 17.0. The van der Waals surface area contributed by atoms with E-state index in [4.69, 9.17) is 0 Å². The molecule has 0 spiro atoms. The highest BCUT2D eigenvalue weighted by molar-refractivity contribution is 6.04. The first-order chi connectivity index (χ1) is 14.3. The molecule has 4 heterocycles. The van der Waals surface area contributed by atoms with E-state index in [1.165, 1.54) is 17.6 Å². The van der Waals surface area contributed by atoms with Gasteiger partial charge in [0.15, 0.2) is 5.69 Å². The van der Waals surface area contributed by atoms with Crippen LogP contribution in [-0.4, -0.2) is 49.4 Å². The first kappa shape index (κ1) is 20.1. The Labute approximate surface area is 169 Å². The number of carbonyl (C=O) groups excluding carboxylic acids is 1. The average molecular weight is 422 g/mol. The minimum Gasteiger partial charge on any atom is -0.349 e. The SMILES string of the molecule is Cn1cc(NC(=O)c2ccc3cnc(N[C@@H]4CCCCNC4)nn23)c(C(F)(F)F)n1. The van der Waals surface area contributed by atoms with Crippen LogP contribution < -0.4 is 16.0 Å². The molecule has 1 aliphatic heterocycles. The van der Waals surface area contributed by atoms with Gasteiger partial charge in [0.25, 0.3) is 5.91 Å². The molecule has 3 aromatic rings. The van der Waals surface area contributed by atoms with Gasteiger partial charge in [-0.05, 0) is 31.5 Å². The standard InChI is InChI=1S/C18H21F3N8O/c1-28-10-13(15(26-28)18(19,20)21)25-16(30)14-6-5-12-9-23-17(27-29(12)14)24-11-4-2-3-7-22-8-11/h5-6,9-11,22H,2-4,7-8H2,1H3,(H,24,27)(H,25,30)/t11-/m1/s1. The lowest BCUT2D eigenvalue weighted by Crippen LogP contribution is -2.31. The minimum atomic E-state index is -4.68. The van der Waals surface area contributed by atoms with Crippen LogP contribution in [0, 0.1) is 0 Å². The van der Waals surface area contributed by atoms with E-state index in [9.17, 15) is 18.0 Å². The van der Waals surface area contributed by atoms with E-state index in [1.807, 2.05) is 0 Å². The molecular formula is C18H21F3N8O. The maximum atomic E-state index is 13.1. The smallest absolute Gasteiger partial charge is 0.349 e. The van der Waals surface area contributed by atoms with E-state index >= 15 is 0 Å². The number of amides is 1. The van der Waals surface area contributed by atoms with Crippen molar-refractivity contribution in [2.45, 2.75) is 31.5 Å². The second-order valence-electron chi connectivity index (χ2n) is 7.20. The van der Waals surface area contributed by atoms with Crippen LogP contribution in [0.5, 0.6) is 0 Å². The first-order valence-electron chi connectivity index (χ1n) is 9.55. The lowest BCUT2D eigenvalue weighted by Gasteiger charge is -2.16. The van der Waals surface area contributed by atoms with Crippen LogP contribution in [0.25, 0.3) is 5.52 Å². The molecule has 9 nitrogen and oxygen atoms in total. The van der Waals surface area contributed by atoms with E-state index in [1.54, 1.807) is 12.3 Å². The number of halogens is 3. The van der Waals surface area contributed by atoms with Crippen LogP contribution in [0.15, 0.2) is 24.5 Å². The van der Waals surface area contributed by atoms with Crippen molar-refractivity contribution < 1.29 is 18.0 Å². The first-order valence-corrected chi connectivity index (χ1v) is 9.55. The van der Waals surface area contributed by atoms with Crippen LogP contribution >= 0.6 is 0 Å². The summed E-state index contributed by atoms with van der Waals surface area (Å²) in [5, 5.41) is 16.6. The number of fused-ring (bicyclic) bond motifs is 1. The molecule has 0 aliphatic carbocycles. The topological polar surface area (TPSA) is 101 Å². The van der Waals surface area contributed by atoms with E-state index in [0.717, 1.165) is 43.2 Å². The molecule has 30 heavy (non-hydrogen) atoms. The zero-order valence-corrected chi connectivity index (χ0v) is 16.2. The molecule has 4 rings (SSSR count). The van der Waals surface area contributed by atoms with E-state index in [2.05, 4.69) is 31.1 Å². The Morgan fingerprint density at radius 1 is 1.27 bits per heavy atom. The van der Waals surface area contributed by atoms with Crippen LogP contribution in [0.1, 0.15) is 35.4 Å². The summed E-state index contributed by atoms with van der Waals surface area (Å²) in [6.45, 7) is 1.75. The van der Waals surface area contributed by atoms with E-state index in [-0.39, 0.29) is 11.7 Å². The normalized spacial score (nSPS) is 17.7. The number of aromatic nitrogens is 5.